The van der Waals surface area contributed by atoms with Gasteiger partial charge in [0, 0.05) is 16.6 Å². The molecular weight excluding hydrogens is 322 g/mol. The van der Waals surface area contributed by atoms with Crippen molar-refractivity contribution >= 4 is 23.2 Å². The largest absolute Gasteiger partial charge is 0.497 e. The molecule has 3 aromatic rings. The quantitative estimate of drug-likeness (QED) is 0.731. The average molecular weight is 339 g/mol. The molecule has 122 valence electrons. The predicted octanol–water partition coefficient (Wildman–Crippen LogP) is 3.48. The molecule has 1 aromatic carbocycles. The van der Waals surface area contributed by atoms with Crippen molar-refractivity contribution in [3.8, 4) is 17.0 Å². The number of methoxy groups -OCH3 is 1. The van der Waals surface area contributed by atoms with Crippen LogP contribution < -0.4 is 9.64 Å². The summed E-state index contributed by atoms with van der Waals surface area (Å²) < 4.78 is 7.18. The summed E-state index contributed by atoms with van der Waals surface area (Å²) in [6, 6.07) is 9.83. The number of aromatic nitrogens is 2. The van der Waals surface area contributed by atoms with Crippen molar-refractivity contribution in [1.29, 1.82) is 0 Å². The van der Waals surface area contributed by atoms with Crippen LogP contribution in [0.2, 0.25) is 0 Å². The second kappa shape index (κ2) is 5.79. The average Bonchev–Trinajstić information content (AvgIpc) is 3.29. The zero-order valence-electron chi connectivity index (χ0n) is 13.5. The van der Waals surface area contributed by atoms with Gasteiger partial charge in [0.25, 0.3) is 0 Å². The minimum Gasteiger partial charge on any atom is -0.497 e. The normalized spacial score (nSPS) is 13.4. The Labute approximate surface area is 144 Å². The fourth-order valence-electron chi connectivity index (χ4n) is 2.99. The molecule has 0 bridgehead atoms. The molecule has 1 amide bonds. The maximum atomic E-state index is 12.4. The molecule has 0 saturated heterocycles. The van der Waals surface area contributed by atoms with Gasteiger partial charge in [0.05, 0.1) is 19.3 Å². The third-order valence-electron chi connectivity index (χ3n) is 4.33. The third kappa shape index (κ3) is 2.39. The van der Waals surface area contributed by atoms with E-state index < -0.39 is 0 Å². The summed E-state index contributed by atoms with van der Waals surface area (Å²) >= 11 is 1.65. The maximum Gasteiger partial charge on any atom is 0.249 e. The molecule has 0 saturated carbocycles. The van der Waals surface area contributed by atoms with E-state index in [1.54, 1.807) is 23.3 Å². The number of amides is 1. The topological polar surface area (TPSA) is 47.4 Å². The summed E-state index contributed by atoms with van der Waals surface area (Å²) in [7, 11) is 1.64. The zero-order chi connectivity index (χ0) is 16.7. The van der Waals surface area contributed by atoms with Crippen molar-refractivity contribution in [2.45, 2.75) is 20.0 Å². The van der Waals surface area contributed by atoms with Gasteiger partial charge < -0.3 is 9.30 Å². The molecule has 6 heteroatoms. The van der Waals surface area contributed by atoms with E-state index in [0.717, 1.165) is 34.2 Å². The summed E-state index contributed by atoms with van der Waals surface area (Å²) in [5, 5.41) is 4.13. The highest BCUT2D eigenvalue weighted by Crippen LogP contribution is 2.33. The van der Waals surface area contributed by atoms with Crippen LogP contribution in [0.3, 0.4) is 0 Å². The summed E-state index contributed by atoms with van der Waals surface area (Å²) in [5.74, 6) is 1.62. The molecule has 0 atom stereocenters. The van der Waals surface area contributed by atoms with Crippen molar-refractivity contribution in [2.75, 3.05) is 12.0 Å². The van der Waals surface area contributed by atoms with Crippen LogP contribution in [0.4, 0.5) is 5.95 Å². The number of ether oxygens (including phenoxy) is 1. The second-order valence-electron chi connectivity index (χ2n) is 5.77. The Balaban J connectivity index is 1.66. The number of hydrogen-bond donors (Lipinski definition) is 0. The fourth-order valence-corrected chi connectivity index (χ4v) is 3.63. The highest BCUT2D eigenvalue weighted by molar-refractivity contribution is 7.08. The number of nitrogens with zero attached hydrogens (tertiary/aromatic N) is 3. The van der Waals surface area contributed by atoms with Gasteiger partial charge in [-0.05, 0) is 36.1 Å². The first-order valence-electron chi connectivity index (χ1n) is 7.70. The summed E-state index contributed by atoms with van der Waals surface area (Å²) in [6.07, 6.45) is 0. The number of anilines is 1. The Morgan fingerprint density at radius 3 is 2.71 bits per heavy atom. The van der Waals surface area contributed by atoms with Gasteiger partial charge in [-0.1, -0.05) is 12.1 Å². The molecule has 0 unspecified atom stereocenters. The summed E-state index contributed by atoms with van der Waals surface area (Å²) in [5.41, 5.74) is 4.15. The van der Waals surface area contributed by atoms with E-state index in [0.29, 0.717) is 13.1 Å². The lowest BCUT2D eigenvalue weighted by atomic mass is 10.2. The Kier molecular flexibility index (Phi) is 3.61. The molecule has 0 aliphatic carbocycles. The number of imidazole rings is 1. The maximum absolute atomic E-state index is 12.4. The van der Waals surface area contributed by atoms with Crippen LogP contribution >= 0.6 is 11.3 Å². The van der Waals surface area contributed by atoms with E-state index in [4.69, 9.17) is 9.72 Å². The minimum atomic E-state index is 0.0771. The SMILES string of the molecule is COc1ccc(CN2C(=O)Cn3c2nc(-c2ccsc2)c3C)cc1. The van der Waals surface area contributed by atoms with Gasteiger partial charge in [0.2, 0.25) is 11.9 Å². The zero-order valence-corrected chi connectivity index (χ0v) is 14.3. The fraction of sp³-hybridized carbons (Fsp3) is 0.222. The van der Waals surface area contributed by atoms with E-state index in [9.17, 15) is 4.79 Å². The molecule has 3 heterocycles. The van der Waals surface area contributed by atoms with Crippen LogP contribution in [0, 0.1) is 6.92 Å². The minimum absolute atomic E-state index is 0.0771. The van der Waals surface area contributed by atoms with Crippen LogP contribution in [0.25, 0.3) is 11.3 Å². The van der Waals surface area contributed by atoms with E-state index in [-0.39, 0.29) is 5.91 Å². The number of rotatable bonds is 4. The van der Waals surface area contributed by atoms with Crippen LogP contribution in [-0.4, -0.2) is 22.6 Å². The standard InChI is InChI=1S/C18H17N3O2S/c1-12-17(14-7-8-24-11-14)19-18-20(12)10-16(22)21(18)9-13-3-5-15(23-2)6-4-13/h3-8,11H,9-10H2,1-2H3. The Morgan fingerprint density at radius 2 is 2.04 bits per heavy atom. The monoisotopic (exact) mass is 339 g/mol. The van der Waals surface area contributed by atoms with Crippen molar-refractivity contribution < 1.29 is 9.53 Å². The van der Waals surface area contributed by atoms with Gasteiger partial charge in [0.1, 0.15) is 12.3 Å². The van der Waals surface area contributed by atoms with E-state index >= 15 is 0 Å². The molecule has 24 heavy (non-hydrogen) atoms. The highest BCUT2D eigenvalue weighted by atomic mass is 32.1. The number of fused-ring (bicyclic) bond motifs is 1. The van der Waals surface area contributed by atoms with Crippen LogP contribution in [0.1, 0.15) is 11.3 Å². The number of benzene rings is 1. The summed E-state index contributed by atoms with van der Waals surface area (Å²) in [6.45, 7) is 2.89. The van der Waals surface area contributed by atoms with Crippen LogP contribution in [0.5, 0.6) is 5.75 Å². The molecular formula is C18H17N3O2S. The van der Waals surface area contributed by atoms with Gasteiger partial charge in [0.15, 0.2) is 0 Å². The smallest absolute Gasteiger partial charge is 0.249 e. The van der Waals surface area contributed by atoms with Crippen molar-refractivity contribution in [3.05, 3.63) is 52.3 Å². The molecule has 2 aromatic heterocycles. The van der Waals surface area contributed by atoms with Gasteiger partial charge in [-0.3, -0.25) is 9.69 Å². The molecule has 0 spiro atoms. The molecule has 1 aliphatic heterocycles. The van der Waals surface area contributed by atoms with Crippen molar-refractivity contribution in [2.24, 2.45) is 0 Å². The van der Waals surface area contributed by atoms with E-state index in [1.165, 1.54) is 0 Å². The molecule has 5 nitrogen and oxygen atoms in total. The second-order valence-corrected chi connectivity index (χ2v) is 6.55. The third-order valence-corrected chi connectivity index (χ3v) is 5.01. The van der Waals surface area contributed by atoms with Gasteiger partial charge in [-0.2, -0.15) is 11.3 Å². The molecule has 4 rings (SSSR count). The van der Waals surface area contributed by atoms with E-state index in [1.807, 2.05) is 41.1 Å². The van der Waals surface area contributed by atoms with Crippen molar-refractivity contribution in [3.63, 3.8) is 0 Å². The predicted molar refractivity (Wildman–Crippen MR) is 94.5 cm³/mol. The van der Waals surface area contributed by atoms with E-state index in [2.05, 4.69) is 11.4 Å². The van der Waals surface area contributed by atoms with Crippen LogP contribution in [0.15, 0.2) is 41.1 Å². The van der Waals surface area contributed by atoms with Gasteiger partial charge in [-0.25, -0.2) is 4.98 Å². The highest BCUT2D eigenvalue weighted by Gasteiger charge is 2.32. The number of carbonyl (C=O) groups is 1. The molecule has 0 N–H and O–H groups in total. The molecule has 0 fully saturated rings. The Morgan fingerprint density at radius 1 is 1.25 bits per heavy atom. The van der Waals surface area contributed by atoms with Gasteiger partial charge >= 0.3 is 0 Å². The number of thiophene rings is 1. The number of hydrogen-bond acceptors (Lipinski definition) is 4. The molecule has 0 radical (unpaired) electrons. The van der Waals surface area contributed by atoms with Crippen molar-refractivity contribution in [1.82, 2.24) is 9.55 Å². The molecule has 1 aliphatic rings. The van der Waals surface area contributed by atoms with Gasteiger partial charge in [-0.15, -0.1) is 0 Å². The summed E-state index contributed by atoms with van der Waals surface area (Å²) in [4.78, 5) is 18.9. The first-order valence-corrected chi connectivity index (χ1v) is 8.64. The Bertz CT molecular complexity index is 882. The lowest BCUT2D eigenvalue weighted by Crippen LogP contribution is -2.26. The first-order chi connectivity index (χ1) is 11.7. The Hall–Kier alpha value is -2.60. The lowest BCUT2D eigenvalue weighted by molar-refractivity contribution is -0.118. The lowest BCUT2D eigenvalue weighted by Gasteiger charge is -2.14. The number of carbonyl (C=O) groups excluding carboxylic acids is 1. The van der Waals surface area contributed by atoms with Crippen LogP contribution in [-0.2, 0) is 17.9 Å². The first kappa shape index (κ1) is 15.0.